The quantitative estimate of drug-likeness (QED) is 0.731. The van der Waals surface area contributed by atoms with E-state index in [2.05, 4.69) is 14.4 Å². The van der Waals surface area contributed by atoms with Gasteiger partial charge in [0.15, 0.2) is 0 Å². The van der Waals surface area contributed by atoms with E-state index in [0.29, 0.717) is 5.69 Å². The average molecular weight is 330 g/mol. The van der Waals surface area contributed by atoms with Crippen LogP contribution in [0.1, 0.15) is 29.9 Å². The molecule has 2 N–H and O–H groups in total. The summed E-state index contributed by atoms with van der Waals surface area (Å²) in [5.74, 6) is -2.46. The molecule has 0 aliphatic carbocycles. The summed E-state index contributed by atoms with van der Waals surface area (Å²) in [5.41, 5.74) is 0.311. The SMILES string of the molecule is COC(=O)c1cc(S(=O)(=O)NC(C(=O)O)C(C)C)cnc1C. The van der Waals surface area contributed by atoms with Crippen molar-refractivity contribution in [2.75, 3.05) is 7.11 Å². The van der Waals surface area contributed by atoms with Crippen LogP contribution in [0.4, 0.5) is 0 Å². The van der Waals surface area contributed by atoms with Crippen LogP contribution in [0.25, 0.3) is 0 Å². The molecule has 0 aliphatic heterocycles. The van der Waals surface area contributed by atoms with Gasteiger partial charge in [0.1, 0.15) is 10.9 Å². The van der Waals surface area contributed by atoms with Crippen LogP contribution in [0.5, 0.6) is 0 Å². The third-order valence-corrected chi connectivity index (χ3v) is 4.40. The third kappa shape index (κ3) is 4.01. The normalized spacial score (nSPS) is 13.0. The van der Waals surface area contributed by atoms with Crippen molar-refractivity contribution < 1.29 is 27.9 Å². The molecule has 0 saturated carbocycles. The van der Waals surface area contributed by atoms with E-state index in [1.807, 2.05) is 0 Å². The monoisotopic (exact) mass is 330 g/mol. The third-order valence-electron chi connectivity index (χ3n) is 2.99. The molecule has 1 aromatic heterocycles. The van der Waals surface area contributed by atoms with E-state index >= 15 is 0 Å². The maximum absolute atomic E-state index is 12.3. The van der Waals surface area contributed by atoms with Gasteiger partial charge in [-0.2, -0.15) is 4.72 Å². The van der Waals surface area contributed by atoms with E-state index in [-0.39, 0.29) is 10.5 Å². The highest BCUT2D eigenvalue weighted by molar-refractivity contribution is 7.89. The average Bonchev–Trinajstić information content (AvgIpc) is 2.43. The highest BCUT2D eigenvalue weighted by Crippen LogP contribution is 2.16. The van der Waals surface area contributed by atoms with Gasteiger partial charge in [0.05, 0.1) is 18.4 Å². The molecule has 8 nitrogen and oxygen atoms in total. The molecule has 0 spiro atoms. The fraction of sp³-hybridized carbons (Fsp3) is 0.462. The van der Waals surface area contributed by atoms with Gasteiger partial charge in [-0.3, -0.25) is 9.78 Å². The molecular weight excluding hydrogens is 312 g/mol. The standard InChI is InChI=1S/C13H18N2O6S/c1-7(2)11(12(16)17)15-22(19,20)9-5-10(13(18)21-4)8(3)14-6-9/h5-7,11,15H,1-4H3,(H,16,17). The number of aromatic nitrogens is 1. The molecule has 22 heavy (non-hydrogen) atoms. The van der Waals surface area contributed by atoms with Gasteiger partial charge in [0.2, 0.25) is 10.0 Å². The molecule has 1 atom stereocenters. The summed E-state index contributed by atoms with van der Waals surface area (Å²) in [6, 6.07) is -0.177. The first-order chi connectivity index (χ1) is 10.1. The summed E-state index contributed by atoms with van der Waals surface area (Å²) in [4.78, 5) is 26.2. The second-order valence-corrected chi connectivity index (χ2v) is 6.69. The summed E-state index contributed by atoms with van der Waals surface area (Å²) in [6.07, 6.45) is 1.06. The number of esters is 1. The number of carbonyl (C=O) groups excluding carboxylic acids is 1. The summed E-state index contributed by atoms with van der Waals surface area (Å²) >= 11 is 0. The Labute approximate surface area is 128 Å². The predicted molar refractivity (Wildman–Crippen MR) is 76.9 cm³/mol. The van der Waals surface area contributed by atoms with Gasteiger partial charge in [0.25, 0.3) is 0 Å². The Balaban J connectivity index is 3.23. The number of hydrogen-bond donors (Lipinski definition) is 2. The minimum Gasteiger partial charge on any atom is -0.480 e. The summed E-state index contributed by atoms with van der Waals surface area (Å²) < 4.78 is 31.2. The van der Waals surface area contributed by atoms with Gasteiger partial charge in [0, 0.05) is 6.20 Å². The van der Waals surface area contributed by atoms with Crippen LogP contribution in [-0.2, 0) is 19.6 Å². The summed E-state index contributed by atoms with van der Waals surface area (Å²) in [6.45, 7) is 4.69. The maximum Gasteiger partial charge on any atom is 0.339 e. The van der Waals surface area contributed by atoms with Crippen molar-refractivity contribution in [3.05, 3.63) is 23.5 Å². The first-order valence-electron chi connectivity index (χ1n) is 6.40. The lowest BCUT2D eigenvalue weighted by Gasteiger charge is -2.18. The Bertz CT molecular complexity index is 684. The highest BCUT2D eigenvalue weighted by Gasteiger charge is 2.29. The fourth-order valence-electron chi connectivity index (χ4n) is 1.68. The summed E-state index contributed by atoms with van der Waals surface area (Å²) in [7, 11) is -2.96. The first kappa shape index (κ1) is 18.1. The number of carboxylic acids is 1. The lowest BCUT2D eigenvalue weighted by Crippen LogP contribution is -2.44. The number of rotatable bonds is 6. The van der Waals surface area contributed by atoms with Crippen LogP contribution in [0.2, 0.25) is 0 Å². The molecule has 0 saturated heterocycles. The minimum atomic E-state index is -4.13. The number of sulfonamides is 1. The Hall–Kier alpha value is -2.00. The van der Waals surface area contributed by atoms with E-state index in [0.717, 1.165) is 12.3 Å². The first-order valence-corrected chi connectivity index (χ1v) is 7.88. The van der Waals surface area contributed by atoms with Crippen molar-refractivity contribution in [3.8, 4) is 0 Å². The van der Waals surface area contributed by atoms with Crippen molar-refractivity contribution >= 4 is 22.0 Å². The predicted octanol–water partition coefficient (Wildman–Crippen LogP) is 0.564. The van der Waals surface area contributed by atoms with Crippen LogP contribution >= 0.6 is 0 Å². The number of carbonyl (C=O) groups is 2. The zero-order valence-electron chi connectivity index (χ0n) is 12.7. The Morgan fingerprint density at radius 2 is 1.95 bits per heavy atom. The minimum absolute atomic E-state index is 0.00166. The summed E-state index contributed by atoms with van der Waals surface area (Å²) in [5, 5.41) is 9.06. The molecule has 0 bridgehead atoms. The van der Waals surface area contributed by atoms with E-state index in [4.69, 9.17) is 5.11 Å². The molecule has 0 fully saturated rings. The molecule has 1 aromatic rings. The molecule has 0 amide bonds. The van der Waals surface area contributed by atoms with Crippen LogP contribution in [0.3, 0.4) is 0 Å². The van der Waals surface area contributed by atoms with Crippen LogP contribution in [0.15, 0.2) is 17.2 Å². The van der Waals surface area contributed by atoms with Gasteiger partial charge in [-0.25, -0.2) is 13.2 Å². The molecular formula is C13H18N2O6S. The second kappa shape index (κ2) is 6.84. The fourth-order valence-corrected chi connectivity index (χ4v) is 2.99. The number of hydrogen-bond acceptors (Lipinski definition) is 6. The largest absolute Gasteiger partial charge is 0.480 e. The number of nitrogens with zero attached hydrogens (tertiary/aromatic N) is 1. The van der Waals surface area contributed by atoms with Gasteiger partial charge < -0.3 is 9.84 Å². The number of pyridine rings is 1. The Morgan fingerprint density at radius 1 is 1.36 bits per heavy atom. The molecule has 0 radical (unpaired) electrons. The Kier molecular flexibility index (Phi) is 5.61. The van der Waals surface area contributed by atoms with Crippen LogP contribution in [0, 0.1) is 12.8 Å². The van der Waals surface area contributed by atoms with Gasteiger partial charge in [-0.1, -0.05) is 13.8 Å². The van der Waals surface area contributed by atoms with E-state index in [1.54, 1.807) is 13.8 Å². The van der Waals surface area contributed by atoms with Crippen molar-refractivity contribution in [2.45, 2.75) is 31.7 Å². The number of ether oxygens (including phenoxy) is 1. The Morgan fingerprint density at radius 3 is 2.41 bits per heavy atom. The molecule has 0 aromatic carbocycles. The van der Waals surface area contributed by atoms with Crippen molar-refractivity contribution in [3.63, 3.8) is 0 Å². The molecule has 122 valence electrons. The van der Waals surface area contributed by atoms with Crippen molar-refractivity contribution in [1.29, 1.82) is 0 Å². The number of nitrogens with one attached hydrogen (secondary N) is 1. The van der Waals surface area contributed by atoms with Gasteiger partial charge >= 0.3 is 11.9 Å². The molecule has 0 aliphatic rings. The molecule has 1 heterocycles. The number of aryl methyl sites for hydroxylation is 1. The lowest BCUT2D eigenvalue weighted by atomic mass is 10.1. The van der Waals surface area contributed by atoms with E-state index in [9.17, 15) is 18.0 Å². The molecule has 1 unspecified atom stereocenters. The molecule has 1 rings (SSSR count). The number of methoxy groups -OCH3 is 1. The van der Waals surface area contributed by atoms with Gasteiger partial charge in [-0.15, -0.1) is 0 Å². The number of carboxylic acid groups (broad SMARTS) is 1. The van der Waals surface area contributed by atoms with Crippen molar-refractivity contribution in [1.82, 2.24) is 9.71 Å². The van der Waals surface area contributed by atoms with Crippen LogP contribution in [-0.4, -0.2) is 43.6 Å². The van der Waals surface area contributed by atoms with Gasteiger partial charge in [-0.05, 0) is 18.9 Å². The lowest BCUT2D eigenvalue weighted by molar-refractivity contribution is -0.140. The van der Waals surface area contributed by atoms with Crippen LogP contribution < -0.4 is 4.72 Å². The maximum atomic E-state index is 12.3. The van der Waals surface area contributed by atoms with E-state index in [1.165, 1.54) is 14.0 Å². The zero-order chi connectivity index (χ0) is 17.1. The van der Waals surface area contributed by atoms with Crippen molar-refractivity contribution in [2.24, 2.45) is 5.92 Å². The highest BCUT2D eigenvalue weighted by atomic mass is 32.2. The second-order valence-electron chi connectivity index (χ2n) is 4.98. The zero-order valence-corrected chi connectivity index (χ0v) is 13.5. The van der Waals surface area contributed by atoms with E-state index < -0.39 is 33.9 Å². The topological polar surface area (TPSA) is 123 Å². The molecule has 9 heteroatoms. The smallest absolute Gasteiger partial charge is 0.339 e. The number of aliphatic carboxylic acids is 1.